The lowest BCUT2D eigenvalue weighted by atomic mass is 10.2. The van der Waals surface area contributed by atoms with Crippen LogP contribution in [0.3, 0.4) is 0 Å². The number of carbonyl (C=O) groups is 1. The summed E-state index contributed by atoms with van der Waals surface area (Å²) in [6.07, 6.45) is 7.11. The van der Waals surface area contributed by atoms with E-state index in [1.807, 2.05) is 48.5 Å². The maximum atomic E-state index is 12.1. The van der Waals surface area contributed by atoms with Gasteiger partial charge < -0.3 is 20.1 Å². The van der Waals surface area contributed by atoms with Crippen molar-refractivity contribution in [3.8, 4) is 11.5 Å². The first-order valence-corrected chi connectivity index (χ1v) is 10.7. The van der Waals surface area contributed by atoms with E-state index in [0.29, 0.717) is 6.61 Å². The van der Waals surface area contributed by atoms with E-state index in [9.17, 15) is 4.79 Å². The molecule has 0 spiro atoms. The second-order valence-electron chi connectivity index (χ2n) is 7.06. The molecular formula is C24H34N2O3. The van der Waals surface area contributed by atoms with Crippen LogP contribution >= 0.6 is 0 Å². The number of benzene rings is 2. The summed E-state index contributed by atoms with van der Waals surface area (Å²) < 4.78 is 11.3. The van der Waals surface area contributed by atoms with Crippen molar-refractivity contribution in [1.29, 1.82) is 0 Å². The molecule has 0 heterocycles. The summed E-state index contributed by atoms with van der Waals surface area (Å²) in [6.45, 7) is 5.93. The van der Waals surface area contributed by atoms with Crippen LogP contribution in [-0.4, -0.2) is 25.7 Å². The Balaban J connectivity index is 1.66. The normalized spacial score (nSPS) is 10.4. The van der Waals surface area contributed by atoms with Gasteiger partial charge in [0.1, 0.15) is 11.5 Å². The molecule has 158 valence electrons. The van der Waals surface area contributed by atoms with E-state index in [1.165, 1.54) is 25.7 Å². The number of ether oxygens (including phenoxy) is 2. The molecule has 0 aliphatic carbocycles. The number of hydrogen-bond acceptors (Lipinski definition) is 4. The first-order chi connectivity index (χ1) is 14.2. The standard InChI is InChI=1S/C24H34N2O3/c1-3-5-6-7-8-18-29-23-13-9-20(10-14-23)25-19-24(27)26-21-11-15-22(16-12-21)28-17-4-2/h9-16,25H,3-8,17-19H2,1-2H3,(H,26,27). The van der Waals surface area contributed by atoms with Gasteiger partial charge in [0.15, 0.2) is 0 Å². The Kier molecular flexibility index (Phi) is 10.5. The van der Waals surface area contributed by atoms with E-state index in [2.05, 4.69) is 24.5 Å². The van der Waals surface area contributed by atoms with Crippen LogP contribution in [0, 0.1) is 0 Å². The number of carbonyl (C=O) groups excluding carboxylic acids is 1. The van der Waals surface area contributed by atoms with Gasteiger partial charge in [0.05, 0.1) is 19.8 Å². The average molecular weight is 399 g/mol. The van der Waals surface area contributed by atoms with E-state index < -0.39 is 0 Å². The van der Waals surface area contributed by atoms with E-state index >= 15 is 0 Å². The minimum absolute atomic E-state index is 0.0976. The lowest BCUT2D eigenvalue weighted by molar-refractivity contribution is -0.114. The smallest absolute Gasteiger partial charge is 0.243 e. The zero-order chi connectivity index (χ0) is 20.7. The summed E-state index contributed by atoms with van der Waals surface area (Å²) in [5.41, 5.74) is 1.64. The maximum Gasteiger partial charge on any atom is 0.243 e. The Morgan fingerprint density at radius 2 is 1.31 bits per heavy atom. The predicted octanol–water partition coefficient (Wildman–Crippen LogP) is 5.88. The monoisotopic (exact) mass is 398 g/mol. The second kappa shape index (κ2) is 13.5. The lowest BCUT2D eigenvalue weighted by Gasteiger charge is -2.10. The summed E-state index contributed by atoms with van der Waals surface area (Å²) in [4.78, 5) is 12.1. The van der Waals surface area contributed by atoms with Crippen LogP contribution < -0.4 is 20.1 Å². The molecule has 0 fully saturated rings. The highest BCUT2D eigenvalue weighted by molar-refractivity contribution is 5.93. The molecule has 2 N–H and O–H groups in total. The van der Waals surface area contributed by atoms with Gasteiger partial charge in [0.2, 0.25) is 5.91 Å². The van der Waals surface area contributed by atoms with Gasteiger partial charge in [-0.05, 0) is 61.4 Å². The molecular weight excluding hydrogens is 364 g/mol. The molecule has 2 rings (SSSR count). The number of amides is 1. The molecule has 0 bridgehead atoms. The quantitative estimate of drug-likeness (QED) is 0.390. The highest BCUT2D eigenvalue weighted by atomic mass is 16.5. The topological polar surface area (TPSA) is 59.6 Å². The predicted molar refractivity (Wildman–Crippen MR) is 120 cm³/mol. The molecule has 0 atom stereocenters. The van der Waals surface area contributed by atoms with Crippen LogP contribution in [0.4, 0.5) is 11.4 Å². The van der Waals surface area contributed by atoms with Gasteiger partial charge in [0.25, 0.3) is 0 Å². The van der Waals surface area contributed by atoms with Crippen molar-refractivity contribution < 1.29 is 14.3 Å². The molecule has 5 heteroatoms. The van der Waals surface area contributed by atoms with Crippen molar-refractivity contribution in [2.45, 2.75) is 52.4 Å². The fourth-order valence-electron chi connectivity index (χ4n) is 2.81. The van der Waals surface area contributed by atoms with Crippen LogP contribution in [0.25, 0.3) is 0 Å². The van der Waals surface area contributed by atoms with Gasteiger partial charge in [0, 0.05) is 11.4 Å². The molecule has 1 amide bonds. The summed E-state index contributed by atoms with van der Waals surface area (Å²) >= 11 is 0. The largest absolute Gasteiger partial charge is 0.494 e. The van der Waals surface area contributed by atoms with Crippen LogP contribution in [-0.2, 0) is 4.79 Å². The minimum Gasteiger partial charge on any atom is -0.494 e. The van der Waals surface area contributed by atoms with Crippen LogP contribution in [0.1, 0.15) is 52.4 Å². The fraction of sp³-hybridized carbons (Fsp3) is 0.458. The van der Waals surface area contributed by atoms with Gasteiger partial charge in [-0.3, -0.25) is 4.79 Å². The fourth-order valence-corrected chi connectivity index (χ4v) is 2.81. The Hall–Kier alpha value is -2.69. The number of hydrogen-bond donors (Lipinski definition) is 2. The van der Waals surface area contributed by atoms with Crippen molar-refractivity contribution in [3.05, 3.63) is 48.5 Å². The molecule has 0 aliphatic heterocycles. The molecule has 0 saturated carbocycles. The molecule has 0 radical (unpaired) electrons. The third-order valence-corrected chi connectivity index (χ3v) is 4.43. The summed E-state index contributed by atoms with van der Waals surface area (Å²) in [6, 6.07) is 15.1. The lowest BCUT2D eigenvalue weighted by Crippen LogP contribution is -2.21. The first kappa shape index (κ1) is 22.6. The van der Waals surface area contributed by atoms with E-state index in [0.717, 1.165) is 42.3 Å². The Morgan fingerprint density at radius 3 is 1.93 bits per heavy atom. The molecule has 5 nitrogen and oxygen atoms in total. The van der Waals surface area contributed by atoms with Crippen molar-refractivity contribution in [1.82, 2.24) is 0 Å². The van der Waals surface area contributed by atoms with Crippen molar-refractivity contribution in [2.75, 3.05) is 30.4 Å². The van der Waals surface area contributed by atoms with E-state index in [-0.39, 0.29) is 12.5 Å². The number of rotatable bonds is 14. The third kappa shape index (κ3) is 9.37. The Morgan fingerprint density at radius 1 is 0.724 bits per heavy atom. The van der Waals surface area contributed by atoms with Gasteiger partial charge in [-0.1, -0.05) is 39.5 Å². The summed E-state index contributed by atoms with van der Waals surface area (Å²) in [5, 5.41) is 6.00. The van der Waals surface area contributed by atoms with E-state index in [1.54, 1.807) is 0 Å². The van der Waals surface area contributed by atoms with Crippen LogP contribution in [0.2, 0.25) is 0 Å². The van der Waals surface area contributed by atoms with Gasteiger partial charge in [-0.2, -0.15) is 0 Å². The molecule has 29 heavy (non-hydrogen) atoms. The number of anilines is 2. The summed E-state index contributed by atoms with van der Waals surface area (Å²) in [5.74, 6) is 1.58. The van der Waals surface area contributed by atoms with Gasteiger partial charge in [-0.15, -0.1) is 0 Å². The molecule has 0 aromatic heterocycles. The highest BCUT2D eigenvalue weighted by Gasteiger charge is 2.03. The number of nitrogens with one attached hydrogen (secondary N) is 2. The van der Waals surface area contributed by atoms with Crippen molar-refractivity contribution >= 4 is 17.3 Å². The first-order valence-electron chi connectivity index (χ1n) is 10.7. The Bertz CT molecular complexity index is 699. The number of unbranched alkanes of at least 4 members (excludes halogenated alkanes) is 4. The van der Waals surface area contributed by atoms with Crippen molar-refractivity contribution in [3.63, 3.8) is 0 Å². The molecule has 2 aromatic carbocycles. The van der Waals surface area contributed by atoms with Gasteiger partial charge in [-0.25, -0.2) is 0 Å². The average Bonchev–Trinajstić information content (AvgIpc) is 2.75. The maximum absolute atomic E-state index is 12.1. The minimum atomic E-state index is -0.0976. The van der Waals surface area contributed by atoms with Crippen LogP contribution in [0.5, 0.6) is 11.5 Å². The highest BCUT2D eigenvalue weighted by Crippen LogP contribution is 2.17. The Labute approximate surface area is 174 Å². The zero-order valence-electron chi connectivity index (χ0n) is 17.7. The molecule has 0 saturated heterocycles. The van der Waals surface area contributed by atoms with Crippen molar-refractivity contribution in [2.24, 2.45) is 0 Å². The second-order valence-corrected chi connectivity index (χ2v) is 7.06. The molecule has 0 unspecified atom stereocenters. The third-order valence-electron chi connectivity index (χ3n) is 4.43. The van der Waals surface area contributed by atoms with E-state index in [4.69, 9.17) is 9.47 Å². The molecule has 0 aliphatic rings. The van der Waals surface area contributed by atoms with Crippen LogP contribution in [0.15, 0.2) is 48.5 Å². The van der Waals surface area contributed by atoms with Gasteiger partial charge >= 0.3 is 0 Å². The molecule has 2 aromatic rings. The zero-order valence-corrected chi connectivity index (χ0v) is 17.7. The summed E-state index contributed by atoms with van der Waals surface area (Å²) in [7, 11) is 0. The SMILES string of the molecule is CCCCCCCOc1ccc(NCC(=O)Nc2ccc(OCCC)cc2)cc1.